The van der Waals surface area contributed by atoms with Gasteiger partial charge in [0.2, 0.25) is 6.41 Å². The van der Waals surface area contributed by atoms with E-state index in [4.69, 9.17) is 0 Å². The third-order valence-corrected chi connectivity index (χ3v) is 4.65. The van der Waals surface area contributed by atoms with E-state index in [1.165, 1.54) is 37.7 Å². The Labute approximate surface area is 161 Å². The van der Waals surface area contributed by atoms with Crippen LogP contribution < -0.4 is 5.32 Å². The number of carbonyl (C=O) groups is 1. The van der Waals surface area contributed by atoms with Crippen LogP contribution in [0.2, 0.25) is 0 Å². The molecule has 1 atom stereocenters. The normalized spacial score (nSPS) is 19.8. The van der Waals surface area contributed by atoms with Gasteiger partial charge in [-0.3, -0.25) is 4.79 Å². The zero-order chi connectivity index (χ0) is 21.6. The maximum absolute atomic E-state index is 12.4. The second-order valence-electron chi connectivity index (χ2n) is 7.40. The minimum absolute atomic E-state index is 0.0322. The lowest BCUT2D eigenvalue weighted by Gasteiger charge is -2.21. The number of hydrogen-bond acceptors (Lipinski definition) is 1. The minimum Gasteiger partial charge on any atom is -0.355 e. The Morgan fingerprint density at radius 2 is 1.64 bits per heavy atom. The highest BCUT2D eigenvalue weighted by Crippen LogP contribution is 2.43. The van der Waals surface area contributed by atoms with Gasteiger partial charge in [-0.15, -0.1) is 0 Å². The maximum atomic E-state index is 12.4. The molecule has 0 aliphatic heterocycles. The van der Waals surface area contributed by atoms with Crippen molar-refractivity contribution in [1.82, 2.24) is 5.32 Å². The summed E-state index contributed by atoms with van der Waals surface area (Å²) in [6, 6.07) is 1.15. The van der Waals surface area contributed by atoms with E-state index in [2.05, 4.69) is 20.4 Å². The third-order valence-electron chi connectivity index (χ3n) is 4.65. The largest absolute Gasteiger partial charge is 0.416 e. The predicted octanol–water partition coefficient (Wildman–Crippen LogP) is 6.50. The Balaban J connectivity index is 0.000000330. The molecular formula is C20H25F6NO. The van der Waals surface area contributed by atoms with Crippen molar-refractivity contribution >= 4 is 6.41 Å². The van der Waals surface area contributed by atoms with Gasteiger partial charge in [-0.25, -0.2) is 0 Å². The van der Waals surface area contributed by atoms with Gasteiger partial charge in [0.15, 0.2) is 0 Å². The predicted molar refractivity (Wildman–Crippen MR) is 95.4 cm³/mol. The zero-order valence-corrected chi connectivity index (χ0v) is 15.9. The van der Waals surface area contributed by atoms with Gasteiger partial charge in [-0.05, 0) is 54.9 Å². The van der Waals surface area contributed by atoms with Gasteiger partial charge in [0.05, 0.1) is 11.1 Å². The molecule has 1 aromatic rings. The van der Waals surface area contributed by atoms with E-state index in [1.54, 1.807) is 0 Å². The summed E-state index contributed by atoms with van der Waals surface area (Å²) in [7, 11) is 0. The number of allylic oxidation sites excluding steroid dienone is 1. The fourth-order valence-electron chi connectivity index (χ4n) is 3.36. The molecule has 0 aromatic heterocycles. The first kappa shape index (κ1) is 24.0. The maximum Gasteiger partial charge on any atom is 0.416 e. The van der Waals surface area contributed by atoms with Crippen molar-refractivity contribution in [1.29, 1.82) is 0 Å². The number of nitrogens with one attached hydrogen (secondary N) is 1. The number of rotatable bonds is 5. The van der Waals surface area contributed by atoms with Crippen molar-refractivity contribution in [3.8, 4) is 0 Å². The highest BCUT2D eigenvalue weighted by molar-refractivity contribution is 5.46. The molecule has 28 heavy (non-hydrogen) atoms. The van der Waals surface area contributed by atoms with E-state index in [0.29, 0.717) is 17.5 Å². The van der Waals surface area contributed by atoms with Crippen molar-refractivity contribution in [3.05, 3.63) is 47.0 Å². The van der Waals surface area contributed by atoms with Gasteiger partial charge in [-0.1, -0.05) is 32.4 Å². The molecule has 0 radical (unpaired) electrons. The van der Waals surface area contributed by atoms with Gasteiger partial charge in [0.1, 0.15) is 0 Å². The average Bonchev–Trinajstić information content (AvgIpc) is 2.91. The number of benzene rings is 1. The van der Waals surface area contributed by atoms with Crippen LogP contribution in [-0.2, 0) is 23.7 Å². The molecule has 1 N–H and O–H groups in total. The minimum atomic E-state index is -4.88. The highest BCUT2D eigenvalue weighted by Gasteiger charge is 2.36. The van der Waals surface area contributed by atoms with Crippen LogP contribution in [0.15, 0.2) is 30.4 Å². The van der Waals surface area contributed by atoms with Crippen LogP contribution in [0.1, 0.15) is 62.6 Å². The molecule has 2 rings (SSSR count). The average molecular weight is 409 g/mol. The van der Waals surface area contributed by atoms with Crippen LogP contribution in [-0.4, -0.2) is 6.41 Å². The summed E-state index contributed by atoms with van der Waals surface area (Å²) in [4.78, 5) is 9.99. The van der Waals surface area contributed by atoms with Crippen LogP contribution >= 0.6 is 0 Å². The fraction of sp³-hybridized carbons (Fsp3) is 0.550. The summed E-state index contributed by atoms with van der Waals surface area (Å²) in [5.74, 6) is 0. The second kappa shape index (κ2) is 9.47. The van der Waals surface area contributed by atoms with Gasteiger partial charge < -0.3 is 5.32 Å². The van der Waals surface area contributed by atoms with Gasteiger partial charge in [0.25, 0.3) is 0 Å². The topological polar surface area (TPSA) is 29.1 Å². The Hall–Kier alpha value is -1.99. The molecule has 0 saturated heterocycles. The molecule has 1 aliphatic rings. The van der Waals surface area contributed by atoms with Gasteiger partial charge in [0, 0.05) is 6.54 Å². The lowest BCUT2D eigenvalue weighted by molar-refractivity contribution is -0.143. The third kappa shape index (κ3) is 7.56. The van der Waals surface area contributed by atoms with Crippen LogP contribution in [0.3, 0.4) is 0 Å². The van der Waals surface area contributed by atoms with Crippen LogP contribution in [0.5, 0.6) is 0 Å². The van der Waals surface area contributed by atoms with E-state index < -0.39 is 30.0 Å². The van der Waals surface area contributed by atoms with Crippen molar-refractivity contribution in [2.24, 2.45) is 5.41 Å². The van der Waals surface area contributed by atoms with E-state index >= 15 is 0 Å². The highest BCUT2D eigenvalue weighted by atomic mass is 19.4. The summed E-state index contributed by atoms with van der Waals surface area (Å²) in [6.07, 6.45) is -2.94. The van der Waals surface area contributed by atoms with Crippen molar-refractivity contribution in [2.45, 2.75) is 64.8 Å². The van der Waals surface area contributed by atoms with Crippen molar-refractivity contribution in [2.75, 3.05) is 0 Å². The first-order chi connectivity index (χ1) is 12.8. The lowest BCUT2D eigenvalue weighted by Crippen LogP contribution is -2.15. The molecular weight excluding hydrogens is 384 g/mol. The SMILES string of the molecule is C=C1CCC(C)(CCC)C1.O=CNCc1cc(C(F)(F)F)cc(C(F)(F)F)c1. The summed E-state index contributed by atoms with van der Waals surface area (Å²) in [6.45, 7) is 8.29. The molecule has 158 valence electrons. The van der Waals surface area contributed by atoms with E-state index in [-0.39, 0.29) is 18.0 Å². The van der Waals surface area contributed by atoms with Crippen LogP contribution in [0.25, 0.3) is 0 Å². The monoisotopic (exact) mass is 409 g/mol. The molecule has 1 saturated carbocycles. The Morgan fingerprint density at radius 1 is 1.11 bits per heavy atom. The quantitative estimate of drug-likeness (QED) is 0.336. The molecule has 1 amide bonds. The number of halogens is 6. The number of alkyl halides is 6. The van der Waals surface area contributed by atoms with E-state index in [9.17, 15) is 31.1 Å². The molecule has 1 aliphatic carbocycles. The standard InChI is InChI=1S/C10H7F6NO.C10H18/c11-9(12,13)7-1-6(4-17-5-18)2-8(3-7)10(14,15)16;1-4-6-10(3)7-5-9(2)8-10/h1-3,5H,4H2,(H,17,18);2,4-8H2,1,3H3. The summed E-state index contributed by atoms with van der Waals surface area (Å²) in [5.41, 5.74) is -0.994. The lowest BCUT2D eigenvalue weighted by atomic mass is 9.84. The molecule has 0 heterocycles. The molecule has 0 spiro atoms. The zero-order valence-electron chi connectivity index (χ0n) is 15.9. The van der Waals surface area contributed by atoms with Crippen molar-refractivity contribution in [3.63, 3.8) is 0 Å². The molecule has 1 fully saturated rings. The number of carbonyl (C=O) groups excluding carboxylic acids is 1. The summed E-state index contributed by atoms with van der Waals surface area (Å²) >= 11 is 0. The number of hydrogen-bond donors (Lipinski definition) is 1. The van der Waals surface area contributed by atoms with Crippen LogP contribution in [0.4, 0.5) is 26.3 Å². The smallest absolute Gasteiger partial charge is 0.355 e. The molecule has 1 aromatic carbocycles. The molecule has 0 bridgehead atoms. The van der Waals surface area contributed by atoms with Crippen molar-refractivity contribution < 1.29 is 31.1 Å². The van der Waals surface area contributed by atoms with Gasteiger partial charge >= 0.3 is 12.4 Å². The molecule has 2 nitrogen and oxygen atoms in total. The van der Waals surface area contributed by atoms with E-state index in [1.807, 2.05) is 5.32 Å². The van der Waals surface area contributed by atoms with Crippen LogP contribution in [0, 0.1) is 5.41 Å². The second-order valence-corrected chi connectivity index (χ2v) is 7.40. The fourth-order valence-corrected chi connectivity index (χ4v) is 3.36. The Kier molecular flexibility index (Phi) is 8.14. The Bertz CT molecular complexity index is 648. The molecule has 8 heteroatoms. The molecule has 1 unspecified atom stereocenters. The summed E-state index contributed by atoms with van der Waals surface area (Å²) < 4.78 is 74.4. The van der Waals surface area contributed by atoms with E-state index in [0.717, 1.165) is 0 Å². The number of amides is 1. The van der Waals surface area contributed by atoms with Gasteiger partial charge in [-0.2, -0.15) is 26.3 Å². The summed E-state index contributed by atoms with van der Waals surface area (Å²) in [5, 5.41) is 2.01. The Morgan fingerprint density at radius 3 is 2.00 bits per heavy atom. The first-order valence-corrected chi connectivity index (χ1v) is 8.93. The first-order valence-electron chi connectivity index (χ1n) is 8.93.